The molecule has 0 atom stereocenters. The van der Waals surface area contributed by atoms with Gasteiger partial charge in [-0.25, -0.2) is 0 Å². The van der Waals surface area contributed by atoms with Gasteiger partial charge in [-0.15, -0.1) is 0 Å². The van der Waals surface area contributed by atoms with Gasteiger partial charge in [0.05, 0.1) is 0 Å². The van der Waals surface area contributed by atoms with E-state index in [0.29, 0.717) is 0 Å². The van der Waals surface area contributed by atoms with Crippen LogP contribution in [0.1, 0.15) is 0 Å². The average Bonchev–Trinajstić information content (AvgIpc) is 2.32. The smallest absolute Gasteiger partial charge is 0.186 e. The summed E-state index contributed by atoms with van der Waals surface area (Å²) in [7, 11) is 0. The highest BCUT2D eigenvalue weighted by Gasteiger charge is 1.91. The van der Waals surface area contributed by atoms with E-state index in [2.05, 4.69) is 48.5 Å². The predicted octanol–water partition coefficient (Wildman–Crippen LogP) is 2.77. The number of benzene rings is 2. The van der Waals surface area contributed by atoms with E-state index in [9.17, 15) is 0 Å². The molecule has 0 heterocycles. The van der Waals surface area contributed by atoms with E-state index in [1.165, 1.54) is 11.1 Å². The molecule has 74 valence electrons. The zero-order chi connectivity index (χ0) is 10.9. The van der Waals surface area contributed by atoms with Crippen molar-refractivity contribution in [3.8, 4) is 11.1 Å². The van der Waals surface area contributed by atoms with E-state index in [4.69, 9.17) is 9.59 Å². The van der Waals surface area contributed by atoms with E-state index in [1.807, 2.05) is 12.1 Å². The van der Waals surface area contributed by atoms with Crippen molar-refractivity contribution in [1.82, 2.24) is 0 Å². The highest BCUT2D eigenvalue weighted by atomic mass is 16.2. The number of hydrogen-bond donors (Lipinski definition) is 0. The Hall–Kier alpha value is -2.18. The molecule has 0 aliphatic carbocycles. The van der Waals surface area contributed by atoms with Crippen molar-refractivity contribution in [2.75, 3.05) is 0 Å². The van der Waals surface area contributed by atoms with Gasteiger partial charge in [0.1, 0.15) is 0 Å². The zero-order valence-electron chi connectivity index (χ0n) is 8.09. The molecular weight excluding hydrogens is 188 g/mol. The molecule has 0 bridgehead atoms. The Bertz CT molecular complexity index is 377. The summed E-state index contributed by atoms with van der Waals surface area (Å²) in [6.07, 6.45) is 0.250. The van der Waals surface area contributed by atoms with Gasteiger partial charge in [0.15, 0.2) is 0 Å². The van der Waals surface area contributed by atoms with Crippen LogP contribution in [0.2, 0.25) is 0 Å². The van der Waals surface area contributed by atoms with E-state index in [0.717, 1.165) is 0 Å². The van der Waals surface area contributed by atoms with Crippen LogP contribution in [0.4, 0.5) is 0 Å². The minimum Gasteiger partial charge on any atom is -0.186 e. The molecule has 2 aromatic rings. The molecule has 15 heavy (non-hydrogen) atoms. The van der Waals surface area contributed by atoms with Gasteiger partial charge in [0.2, 0.25) is 0 Å². The second-order valence-electron chi connectivity index (χ2n) is 2.82. The topological polar surface area (TPSA) is 34.1 Å². The van der Waals surface area contributed by atoms with Crippen LogP contribution in [0.25, 0.3) is 11.1 Å². The zero-order valence-corrected chi connectivity index (χ0v) is 8.09. The maximum absolute atomic E-state index is 8.12. The highest BCUT2D eigenvalue weighted by molar-refractivity contribution is 5.62. The van der Waals surface area contributed by atoms with E-state index in [-0.39, 0.29) is 6.15 Å². The first kappa shape index (κ1) is 10.9. The van der Waals surface area contributed by atoms with E-state index in [1.54, 1.807) is 0 Å². The maximum atomic E-state index is 8.12. The number of hydrogen-bond acceptors (Lipinski definition) is 2. The van der Waals surface area contributed by atoms with Gasteiger partial charge in [-0.2, -0.15) is 9.59 Å². The van der Waals surface area contributed by atoms with Gasteiger partial charge >= 0.3 is 6.15 Å². The first-order valence-electron chi connectivity index (χ1n) is 4.48. The highest BCUT2D eigenvalue weighted by Crippen LogP contribution is 2.17. The molecule has 0 amide bonds. The van der Waals surface area contributed by atoms with Crippen LogP contribution in [0.5, 0.6) is 0 Å². The lowest BCUT2D eigenvalue weighted by molar-refractivity contribution is -0.191. The molecule has 0 saturated carbocycles. The van der Waals surface area contributed by atoms with Crippen LogP contribution in [0.3, 0.4) is 0 Å². The molecule has 0 radical (unpaired) electrons. The van der Waals surface area contributed by atoms with Crippen molar-refractivity contribution in [2.45, 2.75) is 0 Å². The summed E-state index contributed by atoms with van der Waals surface area (Å²) in [4.78, 5) is 16.2. The summed E-state index contributed by atoms with van der Waals surface area (Å²) < 4.78 is 0. The minimum atomic E-state index is 0.250. The molecule has 2 aromatic carbocycles. The van der Waals surface area contributed by atoms with Gasteiger partial charge in [-0.05, 0) is 11.1 Å². The Kier molecular flexibility index (Phi) is 4.58. The molecule has 0 fully saturated rings. The second kappa shape index (κ2) is 6.30. The van der Waals surface area contributed by atoms with Crippen molar-refractivity contribution in [3.05, 3.63) is 60.7 Å². The van der Waals surface area contributed by atoms with Crippen LogP contribution in [0.15, 0.2) is 60.7 Å². The van der Waals surface area contributed by atoms with Crippen LogP contribution in [-0.2, 0) is 9.59 Å². The fourth-order valence-electron chi connectivity index (χ4n) is 1.26. The average molecular weight is 198 g/mol. The summed E-state index contributed by atoms with van der Waals surface area (Å²) in [5.41, 5.74) is 2.55. The summed E-state index contributed by atoms with van der Waals surface area (Å²) >= 11 is 0. The largest absolute Gasteiger partial charge is 0.373 e. The van der Waals surface area contributed by atoms with Crippen molar-refractivity contribution >= 4 is 6.15 Å². The molecule has 0 aliphatic rings. The fourth-order valence-corrected chi connectivity index (χ4v) is 1.26. The first-order valence-corrected chi connectivity index (χ1v) is 4.48. The molecule has 0 aliphatic heterocycles. The lowest BCUT2D eigenvalue weighted by Crippen LogP contribution is -1.73. The van der Waals surface area contributed by atoms with Crippen molar-refractivity contribution < 1.29 is 9.59 Å². The van der Waals surface area contributed by atoms with Crippen molar-refractivity contribution in [3.63, 3.8) is 0 Å². The summed E-state index contributed by atoms with van der Waals surface area (Å²) in [5.74, 6) is 0. The van der Waals surface area contributed by atoms with Crippen LogP contribution in [-0.4, -0.2) is 6.15 Å². The monoisotopic (exact) mass is 198 g/mol. The van der Waals surface area contributed by atoms with Gasteiger partial charge in [0, 0.05) is 0 Å². The lowest BCUT2D eigenvalue weighted by Gasteiger charge is -1.98. The molecule has 0 N–H and O–H groups in total. The normalized spacial score (nSPS) is 8.27. The third-order valence-electron chi connectivity index (χ3n) is 1.88. The molecule has 0 unspecified atom stereocenters. The number of carbonyl (C=O) groups excluding carboxylic acids is 2. The Morgan fingerprint density at radius 1 is 0.600 bits per heavy atom. The van der Waals surface area contributed by atoms with Crippen LogP contribution >= 0.6 is 0 Å². The van der Waals surface area contributed by atoms with Gasteiger partial charge in [-0.1, -0.05) is 60.7 Å². The Morgan fingerprint density at radius 3 is 1.13 bits per heavy atom. The Labute approximate surface area is 88.2 Å². The molecule has 2 heteroatoms. The van der Waals surface area contributed by atoms with Gasteiger partial charge in [0.25, 0.3) is 0 Å². The third-order valence-corrected chi connectivity index (χ3v) is 1.88. The number of rotatable bonds is 1. The van der Waals surface area contributed by atoms with Crippen LogP contribution in [0, 0.1) is 0 Å². The van der Waals surface area contributed by atoms with Crippen molar-refractivity contribution in [2.24, 2.45) is 0 Å². The Balaban J connectivity index is 0.000000337. The quantitative estimate of drug-likeness (QED) is 0.706. The van der Waals surface area contributed by atoms with E-state index < -0.39 is 0 Å². The van der Waals surface area contributed by atoms with Crippen LogP contribution < -0.4 is 0 Å². The fraction of sp³-hybridized carbons (Fsp3) is 0. The Morgan fingerprint density at radius 2 is 0.867 bits per heavy atom. The maximum Gasteiger partial charge on any atom is 0.373 e. The molecule has 0 saturated heterocycles. The van der Waals surface area contributed by atoms with E-state index >= 15 is 0 Å². The summed E-state index contributed by atoms with van der Waals surface area (Å²) in [6, 6.07) is 20.8. The summed E-state index contributed by atoms with van der Waals surface area (Å²) in [6.45, 7) is 0. The minimum absolute atomic E-state index is 0.250. The van der Waals surface area contributed by atoms with Gasteiger partial charge in [-0.3, -0.25) is 0 Å². The standard InChI is InChI=1S/C12H10.CO2/c1-3-7-11(8-4-1)12-9-5-2-6-10-12;2-1-3/h1-10H;. The second-order valence-corrected chi connectivity index (χ2v) is 2.82. The first-order chi connectivity index (χ1) is 7.38. The third kappa shape index (κ3) is 3.59. The molecule has 2 nitrogen and oxygen atoms in total. The molecule has 2 rings (SSSR count). The molecular formula is C13H10O2. The molecule has 0 aromatic heterocycles. The summed E-state index contributed by atoms with van der Waals surface area (Å²) in [5, 5.41) is 0. The lowest BCUT2D eigenvalue weighted by atomic mass is 10.1. The SMILES string of the molecule is O=C=O.c1ccc(-c2ccccc2)cc1. The van der Waals surface area contributed by atoms with Crippen molar-refractivity contribution in [1.29, 1.82) is 0 Å². The molecule has 0 spiro atoms. The van der Waals surface area contributed by atoms with Gasteiger partial charge < -0.3 is 0 Å². The predicted molar refractivity (Wildman–Crippen MR) is 56.9 cm³/mol.